The molecule has 0 bridgehead atoms. The monoisotopic (exact) mass is 336 g/mol. The fourth-order valence-electron chi connectivity index (χ4n) is 2.56. The predicted octanol–water partition coefficient (Wildman–Crippen LogP) is 2.20. The molecule has 0 saturated carbocycles. The van der Waals surface area contributed by atoms with Gasteiger partial charge in [-0.2, -0.15) is 0 Å². The predicted molar refractivity (Wildman–Crippen MR) is 99.5 cm³/mol. The number of phenolic OH excluding ortho intramolecular Hbond substituents is 1. The molecule has 0 atom stereocenters. The van der Waals surface area contributed by atoms with Crippen LogP contribution in [0.1, 0.15) is 11.4 Å². The Morgan fingerprint density at radius 3 is 2.44 bits per heavy atom. The lowest BCUT2D eigenvalue weighted by atomic mass is 10.1. The molecule has 1 heterocycles. The fraction of sp³-hybridized carbons (Fsp3) is 0.111. The van der Waals surface area contributed by atoms with E-state index in [9.17, 15) is 5.11 Å². The highest BCUT2D eigenvalue weighted by Gasteiger charge is 2.16. The van der Waals surface area contributed by atoms with E-state index in [4.69, 9.17) is 17.3 Å². The van der Waals surface area contributed by atoms with Crippen LogP contribution in [0.3, 0.4) is 0 Å². The zero-order chi connectivity index (χ0) is 18.0. The maximum atomic E-state index is 9.74. The van der Waals surface area contributed by atoms with Crippen LogP contribution in [-0.4, -0.2) is 15.1 Å². The van der Waals surface area contributed by atoms with E-state index < -0.39 is 0 Å². The Morgan fingerprint density at radius 1 is 1.04 bits per heavy atom. The van der Waals surface area contributed by atoms with E-state index in [0.29, 0.717) is 35.3 Å². The van der Waals surface area contributed by atoms with Crippen molar-refractivity contribution in [2.24, 2.45) is 5.84 Å². The highest BCUT2D eigenvalue weighted by Crippen LogP contribution is 2.31. The van der Waals surface area contributed by atoms with Gasteiger partial charge in [0.05, 0.1) is 17.9 Å². The molecule has 0 aliphatic rings. The molecule has 3 rings (SSSR count). The summed E-state index contributed by atoms with van der Waals surface area (Å²) in [6, 6.07) is 14.6. The summed E-state index contributed by atoms with van der Waals surface area (Å²) >= 11 is 0. The zero-order valence-corrected chi connectivity index (χ0v) is 13.8. The molecule has 0 fully saturated rings. The number of hydrazine groups is 1. The molecule has 3 aromatic rings. The minimum atomic E-state index is 0.0164. The number of phenols is 1. The van der Waals surface area contributed by atoms with Crippen molar-refractivity contribution in [3.63, 3.8) is 0 Å². The summed E-state index contributed by atoms with van der Waals surface area (Å²) in [6.07, 6.45) is 0. The molecule has 0 saturated heterocycles. The van der Waals surface area contributed by atoms with Crippen molar-refractivity contribution in [2.45, 2.75) is 13.5 Å². The largest absolute Gasteiger partial charge is 0.506 e. The summed E-state index contributed by atoms with van der Waals surface area (Å²) in [7, 11) is 0. The molecule has 2 aromatic carbocycles. The number of anilines is 3. The van der Waals surface area contributed by atoms with Crippen molar-refractivity contribution in [3.05, 3.63) is 59.9 Å². The summed E-state index contributed by atoms with van der Waals surface area (Å²) in [4.78, 5) is 8.82. The molecule has 7 N–H and O–H groups in total. The number of aryl methyl sites for hydroxylation is 1. The topological polar surface area (TPSA) is 127 Å². The number of nitrogens with two attached hydrogens (primary N) is 3. The van der Waals surface area contributed by atoms with Crippen molar-refractivity contribution in [2.75, 3.05) is 16.5 Å². The maximum Gasteiger partial charge on any atom is 0.170 e. The van der Waals surface area contributed by atoms with Gasteiger partial charge in [-0.05, 0) is 24.6 Å². The smallest absolute Gasteiger partial charge is 0.170 e. The van der Waals surface area contributed by atoms with Crippen LogP contribution in [0, 0.1) is 6.92 Å². The molecular weight excluding hydrogens is 316 g/mol. The molecule has 0 amide bonds. The molecule has 0 aliphatic carbocycles. The molecule has 0 radical (unpaired) electrons. The third-order valence-corrected chi connectivity index (χ3v) is 3.80. The Bertz CT molecular complexity index is 898. The average Bonchev–Trinajstić information content (AvgIpc) is 2.60. The minimum absolute atomic E-state index is 0.0164. The fourth-order valence-corrected chi connectivity index (χ4v) is 2.56. The Kier molecular flexibility index (Phi) is 4.40. The van der Waals surface area contributed by atoms with Crippen LogP contribution in [0.4, 0.5) is 17.2 Å². The van der Waals surface area contributed by atoms with E-state index in [2.05, 4.69) is 9.97 Å². The molecule has 1 aromatic heterocycles. The van der Waals surface area contributed by atoms with Gasteiger partial charge in [0.25, 0.3) is 0 Å². The first-order chi connectivity index (χ1) is 12.0. The van der Waals surface area contributed by atoms with Gasteiger partial charge in [0.2, 0.25) is 0 Å². The van der Waals surface area contributed by atoms with Gasteiger partial charge < -0.3 is 16.6 Å². The lowest BCUT2D eigenvalue weighted by Gasteiger charge is -2.21. The van der Waals surface area contributed by atoms with Crippen LogP contribution >= 0.6 is 0 Å². The Balaban J connectivity index is 1.96. The third kappa shape index (κ3) is 3.46. The second-order valence-electron chi connectivity index (χ2n) is 5.74. The quantitative estimate of drug-likeness (QED) is 0.249. The number of aromatic hydroxyl groups is 1. The Labute approximate surface area is 145 Å². The van der Waals surface area contributed by atoms with E-state index >= 15 is 0 Å². The van der Waals surface area contributed by atoms with Crippen molar-refractivity contribution < 1.29 is 5.11 Å². The summed E-state index contributed by atoms with van der Waals surface area (Å²) in [5.41, 5.74) is 14.9. The molecule has 0 unspecified atom stereocenters. The van der Waals surface area contributed by atoms with Crippen molar-refractivity contribution in [3.8, 4) is 17.0 Å². The number of rotatable bonds is 4. The number of hydrogen-bond acceptors (Lipinski definition) is 7. The van der Waals surface area contributed by atoms with Crippen LogP contribution in [-0.2, 0) is 6.54 Å². The molecular formula is C18H20N6O. The Hall–Kier alpha value is -3.32. The average molecular weight is 336 g/mol. The van der Waals surface area contributed by atoms with E-state index in [1.54, 1.807) is 25.1 Å². The van der Waals surface area contributed by atoms with Crippen LogP contribution in [0.5, 0.6) is 5.75 Å². The molecule has 0 spiro atoms. The summed E-state index contributed by atoms with van der Waals surface area (Å²) < 4.78 is 0. The maximum absolute atomic E-state index is 9.74. The van der Waals surface area contributed by atoms with Crippen LogP contribution in [0.25, 0.3) is 11.3 Å². The van der Waals surface area contributed by atoms with Gasteiger partial charge in [-0.25, -0.2) is 15.8 Å². The van der Waals surface area contributed by atoms with Crippen molar-refractivity contribution in [1.29, 1.82) is 0 Å². The molecule has 7 nitrogen and oxygen atoms in total. The highest BCUT2D eigenvalue weighted by molar-refractivity contribution is 5.80. The number of aromatic nitrogens is 2. The van der Waals surface area contributed by atoms with Gasteiger partial charge in [-0.1, -0.05) is 36.4 Å². The van der Waals surface area contributed by atoms with Crippen molar-refractivity contribution >= 4 is 17.2 Å². The van der Waals surface area contributed by atoms with Gasteiger partial charge in [-0.15, -0.1) is 0 Å². The standard InChI is InChI=1S/C18H20N6O/c1-11-22-17(13-5-3-2-4-6-13)16(20)18(23-11)24(21)10-12-7-8-14(19)15(25)9-12/h2-9,25H,10,19-21H2,1H3. The van der Waals surface area contributed by atoms with Gasteiger partial charge in [0.15, 0.2) is 5.82 Å². The summed E-state index contributed by atoms with van der Waals surface area (Å²) in [5.74, 6) is 7.20. The second kappa shape index (κ2) is 6.66. The van der Waals surface area contributed by atoms with Crippen LogP contribution < -0.4 is 22.3 Å². The van der Waals surface area contributed by atoms with E-state index in [1.807, 2.05) is 30.3 Å². The summed E-state index contributed by atoms with van der Waals surface area (Å²) in [6.45, 7) is 2.10. The first kappa shape index (κ1) is 16.5. The third-order valence-electron chi connectivity index (χ3n) is 3.80. The molecule has 25 heavy (non-hydrogen) atoms. The van der Waals surface area contributed by atoms with Crippen molar-refractivity contribution in [1.82, 2.24) is 9.97 Å². The van der Waals surface area contributed by atoms with E-state index in [1.165, 1.54) is 5.01 Å². The van der Waals surface area contributed by atoms with E-state index in [0.717, 1.165) is 11.1 Å². The van der Waals surface area contributed by atoms with E-state index in [-0.39, 0.29) is 5.75 Å². The first-order valence-corrected chi connectivity index (χ1v) is 7.75. The second-order valence-corrected chi connectivity index (χ2v) is 5.74. The summed E-state index contributed by atoms with van der Waals surface area (Å²) in [5, 5.41) is 11.2. The SMILES string of the molecule is Cc1nc(-c2ccccc2)c(N)c(N(N)Cc2ccc(N)c(O)c2)n1. The Morgan fingerprint density at radius 2 is 1.76 bits per heavy atom. The minimum Gasteiger partial charge on any atom is -0.506 e. The zero-order valence-electron chi connectivity index (χ0n) is 13.8. The number of nitrogens with zero attached hydrogens (tertiary/aromatic N) is 3. The highest BCUT2D eigenvalue weighted by atomic mass is 16.3. The molecule has 7 heteroatoms. The van der Waals surface area contributed by atoms with Gasteiger partial charge in [0.1, 0.15) is 17.3 Å². The van der Waals surface area contributed by atoms with Gasteiger partial charge in [0, 0.05) is 5.56 Å². The lowest BCUT2D eigenvalue weighted by molar-refractivity contribution is 0.477. The number of nitrogen functional groups attached to an aromatic ring is 2. The van der Waals surface area contributed by atoms with Crippen LogP contribution in [0.2, 0.25) is 0 Å². The number of hydrogen-bond donors (Lipinski definition) is 4. The molecule has 128 valence electrons. The van der Waals surface area contributed by atoms with Gasteiger partial charge >= 0.3 is 0 Å². The normalized spacial score (nSPS) is 10.6. The first-order valence-electron chi connectivity index (χ1n) is 7.75. The van der Waals surface area contributed by atoms with Gasteiger partial charge in [-0.3, -0.25) is 5.01 Å². The molecule has 0 aliphatic heterocycles. The number of benzene rings is 2. The lowest BCUT2D eigenvalue weighted by Crippen LogP contribution is -2.32. The van der Waals surface area contributed by atoms with Crippen LogP contribution in [0.15, 0.2) is 48.5 Å².